The van der Waals surface area contributed by atoms with Gasteiger partial charge in [-0.2, -0.15) is 4.57 Å². The van der Waals surface area contributed by atoms with E-state index >= 15 is 0 Å². The maximum atomic E-state index is 13.0. The lowest BCUT2D eigenvalue weighted by molar-refractivity contribution is -0.529. The third-order valence-electron chi connectivity index (χ3n) is 4.99. The van der Waals surface area contributed by atoms with Crippen molar-refractivity contribution in [2.45, 2.75) is 13.8 Å². The molecule has 0 atom stereocenters. The maximum Gasteiger partial charge on any atom is 0.347 e. The summed E-state index contributed by atoms with van der Waals surface area (Å²) in [6.45, 7) is 4.11. The van der Waals surface area contributed by atoms with E-state index in [1.54, 1.807) is 4.57 Å². The van der Waals surface area contributed by atoms with Crippen LogP contribution >= 0.6 is 0 Å². The molecule has 27 heavy (non-hydrogen) atoms. The van der Waals surface area contributed by atoms with Crippen molar-refractivity contribution >= 4 is 28.3 Å². The van der Waals surface area contributed by atoms with E-state index in [4.69, 9.17) is 4.98 Å². The van der Waals surface area contributed by atoms with Gasteiger partial charge in [0.05, 0.1) is 16.5 Å². The molecule has 1 aromatic heterocycles. The smallest absolute Gasteiger partial charge is 0.319 e. The first-order valence-corrected chi connectivity index (χ1v) is 8.96. The summed E-state index contributed by atoms with van der Waals surface area (Å²) in [4.78, 5) is 17.9. The summed E-state index contributed by atoms with van der Waals surface area (Å²) in [5.41, 5.74) is 5.73. The van der Waals surface area contributed by atoms with Crippen LogP contribution in [0.5, 0.6) is 0 Å². The number of carbonyl (C=O) groups excluding carboxylic acids is 1. The van der Waals surface area contributed by atoms with Gasteiger partial charge in [0, 0.05) is 5.69 Å². The Morgan fingerprint density at radius 3 is 2.33 bits per heavy atom. The summed E-state index contributed by atoms with van der Waals surface area (Å²) in [5, 5.41) is 4.37. The Labute approximate surface area is 157 Å². The molecule has 1 aliphatic heterocycles. The van der Waals surface area contributed by atoms with Gasteiger partial charge in [0.25, 0.3) is 5.82 Å². The van der Waals surface area contributed by atoms with Crippen LogP contribution in [0.1, 0.15) is 21.5 Å². The summed E-state index contributed by atoms with van der Waals surface area (Å²) in [6.07, 6.45) is 0. The number of anilines is 2. The van der Waals surface area contributed by atoms with Crippen LogP contribution in [0.4, 0.5) is 11.5 Å². The summed E-state index contributed by atoms with van der Waals surface area (Å²) >= 11 is 0. The maximum absolute atomic E-state index is 13.0. The summed E-state index contributed by atoms with van der Waals surface area (Å²) in [6, 6.07) is 22.0. The molecule has 1 aliphatic rings. The van der Waals surface area contributed by atoms with Crippen molar-refractivity contribution in [2.75, 3.05) is 5.32 Å². The molecule has 0 unspecified atom stereocenters. The Bertz CT molecular complexity index is 1230. The van der Waals surface area contributed by atoms with Gasteiger partial charge in [0.2, 0.25) is 0 Å². The molecule has 4 aromatic rings. The molecule has 0 fully saturated rings. The minimum atomic E-state index is -0.0242. The molecule has 0 spiro atoms. The minimum Gasteiger partial charge on any atom is -0.319 e. The van der Waals surface area contributed by atoms with E-state index in [0.29, 0.717) is 11.4 Å². The van der Waals surface area contributed by atoms with Crippen LogP contribution < -0.4 is 9.88 Å². The number of hydrogen-bond donors (Lipinski definition) is 1. The fourth-order valence-electron chi connectivity index (χ4n) is 3.60. The Morgan fingerprint density at radius 1 is 0.852 bits per heavy atom. The van der Waals surface area contributed by atoms with E-state index in [2.05, 4.69) is 30.4 Å². The van der Waals surface area contributed by atoms with Gasteiger partial charge in [0.1, 0.15) is 5.52 Å². The topological polar surface area (TPSA) is 45.9 Å². The van der Waals surface area contributed by atoms with E-state index < -0.39 is 0 Å². The third kappa shape index (κ3) is 2.41. The second-order valence-corrected chi connectivity index (χ2v) is 6.98. The molecule has 4 nitrogen and oxygen atoms in total. The number of carbonyl (C=O) groups is 1. The fraction of sp³-hybridized carbons (Fsp3) is 0.0870. The van der Waals surface area contributed by atoms with Gasteiger partial charge in [-0.25, -0.2) is 4.79 Å². The molecule has 3 aromatic carbocycles. The van der Waals surface area contributed by atoms with E-state index in [1.807, 2.05) is 55.5 Å². The van der Waals surface area contributed by atoms with E-state index in [-0.39, 0.29) is 5.91 Å². The second-order valence-electron chi connectivity index (χ2n) is 6.98. The average molecular weight is 352 g/mol. The molecular weight excluding hydrogens is 334 g/mol. The van der Waals surface area contributed by atoms with Crippen molar-refractivity contribution in [1.29, 1.82) is 0 Å². The first kappa shape index (κ1) is 15.7. The molecule has 0 radical (unpaired) electrons. The molecule has 0 saturated carbocycles. The van der Waals surface area contributed by atoms with Crippen molar-refractivity contribution in [2.24, 2.45) is 0 Å². The molecule has 2 heterocycles. The number of aromatic nitrogens is 2. The highest BCUT2D eigenvalue weighted by molar-refractivity contribution is 6.03. The quantitative estimate of drug-likeness (QED) is 0.474. The summed E-state index contributed by atoms with van der Waals surface area (Å²) in [7, 11) is 0. The molecule has 5 rings (SSSR count). The van der Waals surface area contributed by atoms with Gasteiger partial charge < -0.3 is 5.32 Å². The lowest BCUT2D eigenvalue weighted by Gasteiger charge is -2.08. The Kier molecular flexibility index (Phi) is 3.34. The second kappa shape index (κ2) is 5.74. The fourth-order valence-corrected chi connectivity index (χ4v) is 3.60. The molecular formula is C23H18N3O+. The van der Waals surface area contributed by atoms with Gasteiger partial charge in [-0.3, -0.25) is 0 Å². The number of nitrogens with zero attached hydrogens (tertiary/aromatic N) is 2. The van der Waals surface area contributed by atoms with Crippen molar-refractivity contribution < 1.29 is 9.36 Å². The normalized spacial score (nSPS) is 12.1. The monoisotopic (exact) mass is 352 g/mol. The third-order valence-corrected chi connectivity index (χ3v) is 4.99. The van der Waals surface area contributed by atoms with Crippen LogP contribution in [-0.2, 0) is 0 Å². The summed E-state index contributed by atoms with van der Waals surface area (Å²) in [5.74, 6) is 1.42. The molecule has 0 saturated heterocycles. The molecule has 1 N–H and O–H groups in total. The number of fused-ring (bicyclic) bond motifs is 5. The predicted molar refractivity (Wildman–Crippen MR) is 106 cm³/mol. The van der Waals surface area contributed by atoms with Crippen LogP contribution in [0, 0.1) is 13.8 Å². The number of hydrogen-bond acceptors (Lipinski definition) is 3. The number of rotatable bonds is 2. The number of benzene rings is 3. The van der Waals surface area contributed by atoms with Crippen molar-refractivity contribution in [3.63, 3.8) is 0 Å². The lowest BCUT2D eigenvalue weighted by Crippen LogP contribution is -2.42. The zero-order valence-electron chi connectivity index (χ0n) is 15.2. The van der Waals surface area contributed by atoms with Gasteiger partial charge in [0.15, 0.2) is 0 Å². The van der Waals surface area contributed by atoms with E-state index in [9.17, 15) is 4.79 Å². The molecule has 0 amide bonds. The van der Waals surface area contributed by atoms with Crippen LogP contribution in [0.15, 0.2) is 66.7 Å². The van der Waals surface area contributed by atoms with Crippen LogP contribution in [0.2, 0.25) is 0 Å². The first-order valence-electron chi connectivity index (χ1n) is 8.96. The largest absolute Gasteiger partial charge is 0.347 e. The lowest BCUT2D eigenvalue weighted by atomic mass is 10.1. The van der Waals surface area contributed by atoms with Crippen LogP contribution in [0.3, 0.4) is 0 Å². The van der Waals surface area contributed by atoms with Gasteiger partial charge in [-0.05, 0) is 60.8 Å². The van der Waals surface area contributed by atoms with Gasteiger partial charge >= 0.3 is 11.7 Å². The predicted octanol–water partition coefficient (Wildman–Crippen LogP) is 4.55. The highest BCUT2D eigenvalue weighted by Gasteiger charge is 2.38. The Hall–Kier alpha value is -3.53. The summed E-state index contributed by atoms with van der Waals surface area (Å²) < 4.78 is 1.72. The molecule has 130 valence electrons. The minimum absolute atomic E-state index is 0.0242. The van der Waals surface area contributed by atoms with Crippen molar-refractivity contribution in [1.82, 2.24) is 4.98 Å². The Balaban J connectivity index is 1.78. The van der Waals surface area contributed by atoms with Gasteiger partial charge in [-0.15, -0.1) is 0 Å². The van der Waals surface area contributed by atoms with E-state index in [1.165, 1.54) is 5.56 Å². The molecule has 0 bridgehead atoms. The SMILES string of the molecule is Cc1ccc(Nc2nc3[n+](c4ccc(C)cc24)C(=O)c2ccccc2-3)cc1. The molecule has 4 heteroatoms. The average Bonchev–Trinajstić information content (AvgIpc) is 2.96. The zero-order chi connectivity index (χ0) is 18.5. The van der Waals surface area contributed by atoms with Crippen molar-refractivity contribution in [3.05, 3.63) is 83.4 Å². The van der Waals surface area contributed by atoms with Crippen LogP contribution in [0.25, 0.3) is 22.3 Å². The first-order chi connectivity index (χ1) is 13.1. The number of aryl methyl sites for hydroxylation is 2. The van der Waals surface area contributed by atoms with E-state index in [0.717, 1.165) is 33.5 Å². The number of nitrogens with one attached hydrogen (secondary N) is 1. The standard InChI is InChI=1S/C23H17N3O/c1-14-7-10-16(11-8-14)24-21-19-13-15(2)9-12-20(19)26-22(25-21)17-5-3-4-6-18(17)23(26)27/h3-13H,1-2H3/p+1. The zero-order valence-corrected chi connectivity index (χ0v) is 15.2. The van der Waals surface area contributed by atoms with Crippen LogP contribution in [-0.4, -0.2) is 10.9 Å². The molecule has 0 aliphatic carbocycles. The van der Waals surface area contributed by atoms with Crippen molar-refractivity contribution in [3.8, 4) is 11.4 Å². The highest BCUT2D eigenvalue weighted by Crippen LogP contribution is 2.32. The van der Waals surface area contributed by atoms with Gasteiger partial charge in [-0.1, -0.05) is 35.9 Å². The highest BCUT2D eigenvalue weighted by atomic mass is 16.2. The Morgan fingerprint density at radius 2 is 1.56 bits per heavy atom.